The second-order valence-electron chi connectivity index (χ2n) is 6.79. The fourth-order valence-electron chi connectivity index (χ4n) is 2.77. The third kappa shape index (κ3) is 5.07. The standard InChI is InChI=1S/C21H22N2O3S3/c1-5-12-23-18-11-10-17(29(4,25)26)13-19(18)28-21(23)22-20(24)15-6-8-16(9-7-15)27-14(2)3/h5-11,13-14H,1,12H2,2-4H3. The Balaban J connectivity index is 2.04. The number of nitrogens with zero attached hydrogens (tertiary/aromatic N) is 2. The molecule has 0 atom stereocenters. The van der Waals surface area contributed by atoms with Crippen LogP contribution in [0.5, 0.6) is 0 Å². The summed E-state index contributed by atoms with van der Waals surface area (Å²) in [6.45, 7) is 8.47. The number of carbonyl (C=O) groups excluding carboxylic acids is 1. The highest BCUT2D eigenvalue weighted by Gasteiger charge is 2.13. The summed E-state index contributed by atoms with van der Waals surface area (Å²) in [4.78, 5) is 18.9. The van der Waals surface area contributed by atoms with Crippen LogP contribution in [-0.4, -0.2) is 30.4 Å². The summed E-state index contributed by atoms with van der Waals surface area (Å²) >= 11 is 3.02. The van der Waals surface area contributed by atoms with Gasteiger partial charge in [-0.3, -0.25) is 4.79 Å². The highest BCUT2D eigenvalue weighted by Crippen LogP contribution is 2.24. The Kier molecular flexibility index (Phi) is 6.45. The topological polar surface area (TPSA) is 68.5 Å². The highest BCUT2D eigenvalue weighted by molar-refractivity contribution is 7.99. The molecule has 3 aromatic rings. The molecule has 0 aliphatic carbocycles. The molecule has 0 unspecified atom stereocenters. The fourth-order valence-corrected chi connectivity index (χ4v) is 5.41. The molecular weight excluding hydrogens is 424 g/mol. The van der Waals surface area contributed by atoms with Crippen molar-refractivity contribution in [1.82, 2.24) is 4.57 Å². The van der Waals surface area contributed by atoms with Crippen molar-refractivity contribution in [1.29, 1.82) is 0 Å². The Morgan fingerprint density at radius 3 is 2.52 bits per heavy atom. The zero-order chi connectivity index (χ0) is 21.2. The van der Waals surface area contributed by atoms with E-state index in [1.54, 1.807) is 48.2 Å². The van der Waals surface area contributed by atoms with Gasteiger partial charge in [-0.2, -0.15) is 4.99 Å². The van der Waals surface area contributed by atoms with Gasteiger partial charge in [-0.15, -0.1) is 18.3 Å². The molecule has 29 heavy (non-hydrogen) atoms. The van der Waals surface area contributed by atoms with Crippen LogP contribution in [0.4, 0.5) is 0 Å². The quantitative estimate of drug-likeness (QED) is 0.412. The number of thioether (sulfide) groups is 1. The van der Waals surface area contributed by atoms with Crippen molar-refractivity contribution in [2.45, 2.75) is 35.4 Å². The summed E-state index contributed by atoms with van der Waals surface area (Å²) < 4.78 is 26.3. The maximum absolute atomic E-state index is 12.7. The van der Waals surface area contributed by atoms with E-state index in [2.05, 4.69) is 25.4 Å². The number of hydrogen-bond donors (Lipinski definition) is 0. The number of carbonyl (C=O) groups is 1. The van der Waals surface area contributed by atoms with Crippen LogP contribution < -0.4 is 4.80 Å². The van der Waals surface area contributed by atoms with Crippen LogP contribution in [0, 0.1) is 0 Å². The van der Waals surface area contributed by atoms with E-state index in [1.165, 1.54) is 17.6 Å². The average Bonchev–Trinajstić information content (AvgIpc) is 2.98. The molecule has 5 nitrogen and oxygen atoms in total. The van der Waals surface area contributed by atoms with Crippen LogP contribution in [0.2, 0.25) is 0 Å². The van der Waals surface area contributed by atoms with Gasteiger partial charge in [0.1, 0.15) is 0 Å². The largest absolute Gasteiger partial charge is 0.312 e. The summed E-state index contributed by atoms with van der Waals surface area (Å²) in [5.41, 5.74) is 1.33. The van der Waals surface area contributed by atoms with Crippen LogP contribution in [0.1, 0.15) is 24.2 Å². The van der Waals surface area contributed by atoms with E-state index in [1.807, 2.05) is 16.7 Å². The molecule has 0 saturated carbocycles. The van der Waals surface area contributed by atoms with Gasteiger partial charge >= 0.3 is 0 Å². The number of fused-ring (bicyclic) bond motifs is 1. The van der Waals surface area contributed by atoms with E-state index < -0.39 is 9.84 Å². The summed E-state index contributed by atoms with van der Waals surface area (Å²) in [5, 5.41) is 0.467. The number of amides is 1. The first kappa shape index (κ1) is 21.5. The Labute approximate surface area is 178 Å². The first-order valence-electron chi connectivity index (χ1n) is 8.99. The molecule has 1 aromatic heterocycles. The molecule has 3 rings (SSSR count). The van der Waals surface area contributed by atoms with Gasteiger partial charge in [-0.1, -0.05) is 31.3 Å². The van der Waals surface area contributed by atoms with Gasteiger partial charge in [-0.25, -0.2) is 8.42 Å². The molecule has 0 aliphatic rings. The Morgan fingerprint density at radius 2 is 1.93 bits per heavy atom. The lowest BCUT2D eigenvalue weighted by Crippen LogP contribution is -2.16. The molecule has 1 heterocycles. The number of sulfone groups is 1. The second kappa shape index (κ2) is 8.69. The zero-order valence-electron chi connectivity index (χ0n) is 16.5. The highest BCUT2D eigenvalue weighted by atomic mass is 32.2. The predicted octanol–water partition coefficient (Wildman–Crippen LogP) is 4.53. The lowest BCUT2D eigenvalue weighted by atomic mass is 10.2. The third-order valence-corrected chi connectivity index (χ3v) is 7.23. The van der Waals surface area contributed by atoms with Crippen molar-refractivity contribution in [2.24, 2.45) is 4.99 Å². The minimum Gasteiger partial charge on any atom is -0.312 e. The van der Waals surface area contributed by atoms with Crippen molar-refractivity contribution in [3.8, 4) is 0 Å². The van der Waals surface area contributed by atoms with E-state index in [-0.39, 0.29) is 10.8 Å². The first-order valence-corrected chi connectivity index (χ1v) is 12.6. The minimum absolute atomic E-state index is 0.244. The molecule has 0 fully saturated rings. The van der Waals surface area contributed by atoms with E-state index >= 15 is 0 Å². The van der Waals surface area contributed by atoms with Crippen molar-refractivity contribution >= 4 is 49.1 Å². The van der Waals surface area contributed by atoms with Crippen molar-refractivity contribution in [3.05, 3.63) is 65.5 Å². The van der Waals surface area contributed by atoms with Gasteiger partial charge in [0.15, 0.2) is 14.6 Å². The molecule has 152 valence electrons. The molecule has 0 aliphatic heterocycles. The SMILES string of the molecule is C=CCn1c(=NC(=O)c2ccc(SC(C)C)cc2)sc2cc(S(C)(=O)=O)ccc21. The van der Waals surface area contributed by atoms with Gasteiger partial charge in [0.05, 0.1) is 15.1 Å². The number of benzene rings is 2. The number of allylic oxidation sites excluding steroid dienone is 1. The molecule has 0 spiro atoms. The van der Waals surface area contributed by atoms with Crippen LogP contribution in [-0.2, 0) is 16.4 Å². The van der Waals surface area contributed by atoms with Crippen LogP contribution >= 0.6 is 23.1 Å². The number of thiazole rings is 1. The van der Waals surface area contributed by atoms with Gasteiger partial charge in [0.25, 0.3) is 5.91 Å². The van der Waals surface area contributed by atoms with Crippen LogP contribution in [0.15, 0.2) is 69.9 Å². The minimum atomic E-state index is -3.31. The van der Waals surface area contributed by atoms with Gasteiger partial charge in [-0.05, 0) is 42.5 Å². The van der Waals surface area contributed by atoms with Gasteiger partial charge < -0.3 is 4.57 Å². The Hall–Kier alpha value is -2.16. The van der Waals surface area contributed by atoms with Crippen LogP contribution in [0.25, 0.3) is 10.2 Å². The monoisotopic (exact) mass is 446 g/mol. The average molecular weight is 447 g/mol. The van der Waals surface area contributed by atoms with Crippen molar-refractivity contribution in [2.75, 3.05) is 6.26 Å². The molecule has 1 amide bonds. The summed E-state index contributed by atoms with van der Waals surface area (Å²) in [6, 6.07) is 12.3. The Morgan fingerprint density at radius 1 is 1.24 bits per heavy atom. The van der Waals surface area contributed by atoms with E-state index in [0.29, 0.717) is 22.2 Å². The maximum atomic E-state index is 12.7. The molecule has 8 heteroatoms. The normalized spacial score (nSPS) is 12.6. The Bertz CT molecular complexity index is 1230. The molecule has 0 radical (unpaired) electrons. The third-order valence-electron chi connectivity index (χ3n) is 4.06. The lowest BCUT2D eigenvalue weighted by Gasteiger charge is -2.05. The second-order valence-corrected chi connectivity index (χ2v) is 11.5. The summed E-state index contributed by atoms with van der Waals surface area (Å²) in [5.74, 6) is -0.334. The predicted molar refractivity (Wildman–Crippen MR) is 120 cm³/mol. The van der Waals surface area contributed by atoms with Crippen molar-refractivity contribution in [3.63, 3.8) is 0 Å². The van der Waals surface area contributed by atoms with E-state index in [9.17, 15) is 13.2 Å². The molecular formula is C21H22N2O3S3. The number of hydrogen-bond acceptors (Lipinski definition) is 5. The summed E-state index contributed by atoms with van der Waals surface area (Å²) in [6.07, 6.45) is 2.90. The number of rotatable bonds is 6. The van der Waals surface area contributed by atoms with Crippen molar-refractivity contribution < 1.29 is 13.2 Å². The van der Waals surface area contributed by atoms with Crippen LogP contribution in [0.3, 0.4) is 0 Å². The lowest BCUT2D eigenvalue weighted by molar-refractivity contribution is 0.0998. The fraction of sp³-hybridized carbons (Fsp3) is 0.238. The first-order chi connectivity index (χ1) is 13.7. The number of aromatic nitrogens is 1. The van der Waals surface area contributed by atoms with Gasteiger partial charge in [0, 0.05) is 28.5 Å². The summed E-state index contributed by atoms with van der Waals surface area (Å²) in [7, 11) is -3.31. The molecule has 0 saturated heterocycles. The van der Waals surface area contributed by atoms with E-state index in [0.717, 1.165) is 15.1 Å². The molecule has 0 bridgehead atoms. The zero-order valence-corrected chi connectivity index (χ0v) is 18.9. The molecule has 0 N–H and O–H groups in total. The maximum Gasteiger partial charge on any atom is 0.279 e. The molecule has 2 aromatic carbocycles. The van der Waals surface area contributed by atoms with E-state index in [4.69, 9.17) is 0 Å². The van der Waals surface area contributed by atoms with Gasteiger partial charge in [0.2, 0.25) is 0 Å². The smallest absolute Gasteiger partial charge is 0.279 e.